The summed E-state index contributed by atoms with van der Waals surface area (Å²) in [7, 11) is 3.61. The molecule has 0 spiro atoms. The van der Waals surface area contributed by atoms with Crippen molar-refractivity contribution in [3.05, 3.63) is 53.4 Å². The third kappa shape index (κ3) is 4.63. The van der Waals surface area contributed by atoms with Gasteiger partial charge >= 0.3 is 0 Å². The van der Waals surface area contributed by atoms with E-state index in [-0.39, 0.29) is 12.0 Å². The first-order chi connectivity index (χ1) is 13.0. The van der Waals surface area contributed by atoms with Crippen LogP contribution in [0.5, 0.6) is 0 Å². The number of nitrogens with one attached hydrogen (secondary N) is 1. The third-order valence-corrected chi connectivity index (χ3v) is 4.75. The Morgan fingerprint density at radius 3 is 2.89 bits per heavy atom. The second-order valence-electron chi connectivity index (χ2n) is 6.76. The highest BCUT2D eigenvalue weighted by Gasteiger charge is 2.25. The first-order valence-electron chi connectivity index (χ1n) is 8.98. The number of ether oxygens (including phenoxy) is 1. The van der Waals surface area contributed by atoms with Crippen LogP contribution in [0.3, 0.4) is 0 Å². The molecule has 1 aromatic carbocycles. The van der Waals surface area contributed by atoms with Crippen molar-refractivity contribution in [2.24, 2.45) is 12.0 Å². The fourth-order valence-corrected chi connectivity index (χ4v) is 3.16. The predicted octanol–water partition coefficient (Wildman–Crippen LogP) is 2.45. The van der Waals surface area contributed by atoms with Gasteiger partial charge in [0.05, 0.1) is 19.3 Å². The molecule has 0 saturated carbocycles. The second kappa shape index (κ2) is 8.47. The van der Waals surface area contributed by atoms with Crippen LogP contribution in [0.1, 0.15) is 30.1 Å². The van der Waals surface area contributed by atoms with E-state index in [4.69, 9.17) is 4.74 Å². The van der Waals surface area contributed by atoms with Gasteiger partial charge in [-0.15, -0.1) is 0 Å². The molecule has 27 heavy (non-hydrogen) atoms. The molecule has 0 aliphatic carbocycles. The lowest BCUT2D eigenvalue weighted by Gasteiger charge is -2.35. The predicted molar refractivity (Wildman–Crippen MR) is 99.6 cm³/mol. The number of benzene rings is 1. The van der Waals surface area contributed by atoms with Crippen LogP contribution in [0, 0.1) is 11.6 Å². The molecular formula is C19H25F2N5O. The highest BCUT2D eigenvalue weighted by Crippen LogP contribution is 2.22. The summed E-state index contributed by atoms with van der Waals surface area (Å²) in [6.07, 6.45) is 3.71. The number of nitrogens with zero attached hydrogens (tertiary/aromatic N) is 4. The summed E-state index contributed by atoms with van der Waals surface area (Å²) in [6, 6.07) is 4.02. The lowest BCUT2D eigenvalue weighted by molar-refractivity contribution is -0.00803. The Hall–Kier alpha value is -2.48. The molecule has 0 amide bonds. The summed E-state index contributed by atoms with van der Waals surface area (Å²) in [5.41, 5.74) is 1.78. The monoisotopic (exact) mass is 377 g/mol. The molecule has 0 bridgehead atoms. The minimum Gasteiger partial charge on any atom is -0.370 e. The minimum absolute atomic E-state index is 0.00649. The molecule has 2 heterocycles. The van der Waals surface area contributed by atoms with Gasteiger partial charge in [0.1, 0.15) is 6.10 Å². The van der Waals surface area contributed by atoms with Crippen molar-refractivity contribution in [1.29, 1.82) is 0 Å². The molecule has 1 fully saturated rings. The molecule has 146 valence electrons. The van der Waals surface area contributed by atoms with E-state index in [1.165, 1.54) is 6.07 Å². The summed E-state index contributed by atoms with van der Waals surface area (Å²) in [6.45, 7) is 4.53. The number of aryl methyl sites for hydroxylation is 1. The van der Waals surface area contributed by atoms with Gasteiger partial charge in [-0.25, -0.2) is 8.78 Å². The summed E-state index contributed by atoms with van der Waals surface area (Å²) in [5, 5.41) is 7.54. The number of guanidine groups is 1. The van der Waals surface area contributed by atoms with E-state index in [1.54, 1.807) is 17.8 Å². The van der Waals surface area contributed by atoms with Gasteiger partial charge in [0, 0.05) is 38.9 Å². The molecule has 6 nitrogen and oxygen atoms in total. The van der Waals surface area contributed by atoms with E-state index >= 15 is 0 Å². The molecule has 1 saturated heterocycles. The number of hydrogen-bond acceptors (Lipinski definition) is 3. The van der Waals surface area contributed by atoms with Crippen molar-refractivity contribution in [2.75, 3.05) is 33.3 Å². The number of morpholine rings is 1. The highest BCUT2D eigenvalue weighted by molar-refractivity contribution is 5.80. The maximum absolute atomic E-state index is 13.5. The number of rotatable bonds is 4. The molecule has 2 atom stereocenters. The number of aliphatic imine (C=N–C) groups is 1. The fourth-order valence-electron chi connectivity index (χ4n) is 3.16. The largest absolute Gasteiger partial charge is 0.370 e. The van der Waals surface area contributed by atoms with Crippen molar-refractivity contribution in [1.82, 2.24) is 20.0 Å². The first kappa shape index (κ1) is 19.3. The summed E-state index contributed by atoms with van der Waals surface area (Å²) in [4.78, 5) is 6.50. The van der Waals surface area contributed by atoms with Crippen LogP contribution >= 0.6 is 0 Å². The van der Waals surface area contributed by atoms with E-state index in [9.17, 15) is 8.78 Å². The van der Waals surface area contributed by atoms with Crippen molar-refractivity contribution in [3.8, 4) is 0 Å². The number of hydrogen-bond donors (Lipinski definition) is 1. The van der Waals surface area contributed by atoms with E-state index < -0.39 is 11.6 Å². The van der Waals surface area contributed by atoms with Gasteiger partial charge in [0.15, 0.2) is 17.6 Å². The van der Waals surface area contributed by atoms with Crippen molar-refractivity contribution in [3.63, 3.8) is 0 Å². The molecule has 8 heteroatoms. The Morgan fingerprint density at radius 2 is 2.22 bits per heavy atom. The number of aromatic nitrogens is 2. The Balaban J connectivity index is 1.60. The van der Waals surface area contributed by atoms with Gasteiger partial charge in [-0.1, -0.05) is 13.0 Å². The Labute approximate surface area is 157 Å². The maximum Gasteiger partial charge on any atom is 0.193 e. The van der Waals surface area contributed by atoms with Crippen LogP contribution in [-0.2, 0) is 11.8 Å². The molecule has 1 N–H and O–H groups in total. The Kier molecular flexibility index (Phi) is 6.05. The zero-order valence-corrected chi connectivity index (χ0v) is 15.8. The average molecular weight is 377 g/mol. The van der Waals surface area contributed by atoms with E-state index in [0.29, 0.717) is 19.7 Å². The topological polar surface area (TPSA) is 54.7 Å². The lowest BCUT2D eigenvalue weighted by Crippen LogP contribution is -2.48. The van der Waals surface area contributed by atoms with Crippen LogP contribution in [0.2, 0.25) is 0 Å². The van der Waals surface area contributed by atoms with Gasteiger partial charge in [-0.05, 0) is 23.6 Å². The van der Waals surface area contributed by atoms with Gasteiger partial charge in [-0.2, -0.15) is 5.10 Å². The van der Waals surface area contributed by atoms with Crippen LogP contribution in [-0.4, -0.2) is 53.9 Å². The standard InChI is InChI=1S/C19H25F2N5O/c1-13(14-4-5-16(20)17(21)8-14)9-23-19(22-2)26-6-7-27-18(12-26)15-10-24-25(3)11-15/h4-5,8,10-11,13,18H,6-7,9,12H2,1-3H3,(H,22,23). The van der Waals surface area contributed by atoms with Gasteiger partial charge in [-0.3, -0.25) is 9.67 Å². The maximum atomic E-state index is 13.5. The lowest BCUT2D eigenvalue weighted by atomic mass is 10.0. The van der Waals surface area contributed by atoms with Crippen molar-refractivity contribution >= 4 is 5.96 Å². The summed E-state index contributed by atoms with van der Waals surface area (Å²) in [5.74, 6) is -0.880. The van der Waals surface area contributed by atoms with Crippen molar-refractivity contribution < 1.29 is 13.5 Å². The van der Waals surface area contributed by atoms with Crippen LogP contribution < -0.4 is 5.32 Å². The van der Waals surface area contributed by atoms with Gasteiger partial charge in [0.2, 0.25) is 0 Å². The third-order valence-electron chi connectivity index (χ3n) is 4.75. The first-order valence-corrected chi connectivity index (χ1v) is 8.98. The van der Waals surface area contributed by atoms with E-state index in [1.807, 2.05) is 26.4 Å². The zero-order chi connectivity index (χ0) is 19.4. The highest BCUT2D eigenvalue weighted by atomic mass is 19.2. The van der Waals surface area contributed by atoms with Crippen LogP contribution in [0.4, 0.5) is 8.78 Å². The molecule has 1 aliphatic rings. The fraction of sp³-hybridized carbons (Fsp3) is 0.474. The SMILES string of the molecule is CN=C(NCC(C)c1ccc(F)c(F)c1)N1CCOC(c2cnn(C)c2)C1. The smallest absolute Gasteiger partial charge is 0.193 e. The van der Waals surface area contributed by atoms with E-state index in [0.717, 1.165) is 29.7 Å². The molecule has 3 rings (SSSR count). The zero-order valence-electron chi connectivity index (χ0n) is 15.8. The van der Waals surface area contributed by atoms with Crippen LogP contribution in [0.15, 0.2) is 35.6 Å². The van der Waals surface area contributed by atoms with Crippen LogP contribution in [0.25, 0.3) is 0 Å². The van der Waals surface area contributed by atoms with Gasteiger partial charge < -0.3 is 15.0 Å². The number of halogens is 2. The second-order valence-corrected chi connectivity index (χ2v) is 6.76. The molecule has 0 radical (unpaired) electrons. The normalized spacial score (nSPS) is 19.2. The molecule has 1 aromatic heterocycles. The quantitative estimate of drug-likeness (QED) is 0.657. The van der Waals surface area contributed by atoms with Crippen molar-refractivity contribution in [2.45, 2.75) is 18.9 Å². The Morgan fingerprint density at radius 1 is 1.41 bits per heavy atom. The van der Waals surface area contributed by atoms with E-state index in [2.05, 4.69) is 20.3 Å². The molecule has 2 aromatic rings. The summed E-state index contributed by atoms with van der Waals surface area (Å²) >= 11 is 0. The molecule has 2 unspecified atom stereocenters. The minimum atomic E-state index is -0.829. The molecule has 1 aliphatic heterocycles. The Bertz CT molecular complexity index is 807. The van der Waals surface area contributed by atoms with Gasteiger partial charge in [0.25, 0.3) is 0 Å². The summed E-state index contributed by atoms with van der Waals surface area (Å²) < 4.78 is 34.2. The molecular weight excluding hydrogens is 352 g/mol. The average Bonchev–Trinajstić information content (AvgIpc) is 3.11.